The number of piperazine rings is 1. The molecule has 24 heavy (non-hydrogen) atoms. The summed E-state index contributed by atoms with van der Waals surface area (Å²) in [6, 6.07) is 6.28. The van der Waals surface area contributed by atoms with Gasteiger partial charge in [-0.05, 0) is 25.1 Å². The van der Waals surface area contributed by atoms with Gasteiger partial charge in [-0.25, -0.2) is 15.0 Å². The number of rotatable bonds is 3. The highest BCUT2D eigenvalue weighted by Gasteiger charge is 2.20. The Morgan fingerprint density at radius 2 is 1.88 bits per heavy atom. The number of methoxy groups -OCH3 is 1. The molecule has 2 aromatic heterocycles. The molecule has 1 aromatic carbocycles. The quantitative estimate of drug-likeness (QED) is 0.730. The molecular weight excluding hydrogens is 322 g/mol. The second-order valence-electron chi connectivity index (χ2n) is 5.83. The van der Waals surface area contributed by atoms with E-state index < -0.39 is 0 Å². The van der Waals surface area contributed by atoms with Crippen molar-refractivity contribution in [2.75, 3.05) is 43.1 Å². The number of hydrogen-bond donors (Lipinski definition) is 0. The van der Waals surface area contributed by atoms with E-state index in [9.17, 15) is 0 Å². The van der Waals surface area contributed by atoms with Crippen LogP contribution in [0.3, 0.4) is 0 Å². The Morgan fingerprint density at radius 3 is 2.58 bits per heavy atom. The van der Waals surface area contributed by atoms with Gasteiger partial charge in [0, 0.05) is 37.2 Å². The third-order valence-electron chi connectivity index (χ3n) is 4.30. The molecule has 6 nitrogen and oxygen atoms in total. The Kier molecular flexibility index (Phi) is 3.93. The summed E-state index contributed by atoms with van der Waals surface area (Å²) in [4.78, 5) is 17.8. The number of aromatic nitrogens is 3. The predicted octanol–water partition coefficient (Wildman–Crippen LogP) is 2.73. The molecule has 1 aliphatic heterocycles. The largest absolute Gasteiger partial charge is 0.480 e. The summed E-state index contributed by atoms with van der Waals surface area (Å²) in [7, 11) is 1.64. The normalized spacial score (nSPS) is 15.1. The van der Waals surface area contributed by atoms with Crippen molar-refractivity contribution in [3.05, 3.63) is 35.6 Å². The maximum Gasteiger partial charge on any atom is 0.224 e. The Balaban J connectivity index is 1.54. The monoisotopic (exact) mass is 341 g/mol. The molecule has 0 unspecified atom stereocenters. The first-order chi connectivity index (χ1) is 11.7. The van der Waals surface area contributed by atoms with Crippen molar-refractivity contribution < 1.29 is 4.74 Å². The van der Waals surface area contributed by atoms with Crippen LogP contribution < -0.4 is 14.5 Å². The maximum absolute atomic E-state index is 5.36. The second kappa shape index (κ2) is 6.24. The maximum atomic E-state index is 5.36. The molecule has 0 aliphatic carbocycles. The summed E-state index contributed by atoms with van der Waals surface area (Å²) < 4.78 is 5.36. The molecule has 0 saturated carbocycles. The molecule has 4 rings (SSSR count). The molecule has 3 aromatic rings. The van der Waals surface area contributed by atoms with Gasteiger partial charge in [-0.1, -0.05) is 0 Å². The molecule has 0 N–H and O–H groups in total. The summed E-state index contributed by atoms with van der Waals surface area (Å²) >= 11 is 1.72. The van der Waals surface area contributed by atoms with Crippen molar-refractivity contribution in [1.82, 2.24) is 15.0 Å². The van der Waals surface area contributed by atoms with Gasteiger partial charge in [0.1, 0.15) is 6.33 Å². The SMILES string of the molecule is COc1ncnc2ccc(N3CCN(c4nc(C)cs4)CC3)cc12. The van der Waals surface area contributed by atoms with Gasteiger partial charge in [-0.15, -0.1) is 11.3 Å². The third-order valence-corrected chi connectivity index (χ3v) is 5.32. The van der Waals surface area contributed by atoms with Crippen LogP contribution in [0.5, 0.6) is 5.88 Å². The standard InChI is InChI=1S/C17H19N5OS/c1-12-10-24-17(20-12)22-7-5-21(6-8-22)13-3-4-15-14(9-13)16(23-2)19-11-18-15/h3-4,9-11H,5-8H2,1-2H3. The molecule has 7 heteroatoms. The highest BCUT2D eigenvalue weighted by Crippen LogP contribution is 2.28. The third kappa shape index (κ3) is 2.75. The predicted molar refractivity (Wildman–Crippen MR) is 97.4 cm³/mol. The fraction of sp³-hybridized carbons (Fsp3) is 0.353. The van der Waals surface area contributed by atoms with Gasteiger partial charge >= 0.3 is 0 Å². The minimum absolute atomic E-state index is 0.624. The molecule has 1 fully saturated rings. The molecule has 0 radical (unpaired) electrons. The fourth-order valence-electron chi connectivity index (χ4n) is 3.02. The average molecular weight is 341 g/mol. The highest BCUT2D eigenvalue weighted by molar-refractivity contribution is 7.13. The van der Waals surface area contributed by atoms with Gasteiger partial charge in [0.2, 0.25) is 5.88 Å². The van der Waals surface area contributed by atoms with E-state index in [4.69, 9.17) is 4.74 Å². The summed E-state index contributed by atoms with van der Waals surface area (Å²) in [6.07, 6.45) is 1.54. The number of benzene rings is 1. The molecule has 0 bridgehead atoms. The number of fused-ring (bicyclic) bond motifs is 1. The lowest BCUT2D eigenvalue weighted by Gasteiger charge is -2.36. The van der Waals surface area contributed by atoms with Gasteiger partial charge in [-0.2, -0.15) is 0 Å². The van der Waals surface area contributed by atoms with Crippen LogP contribution in [-0.2, 0) is 0 Å². The number of thiazole rings is 1. The van der Waals surface area contributed by atoms with Gasteiger partial charge in [0.25, 0.3) is 0 Å². The number of aryl methyl sites for hydroxylation is 1. The fourth-order valence-corrected chi connectivity index (χ4v) is 3.88. The lowest BCUT2D eigenvalue weighted by atomic mass is 10.2. The zero-order valence-corrected chi connectivity index (χ0v) is 14.6. The Morgan fingerprint density at radius 1 is 1.08 bits per heavy atom. The van der Waals surface area contributed by atoms with Crippen molar-refractivity contribution in [1.29, 1.82) is 0 Å². The smallest absolute Gasteiger partial charge is 0.224 e. The van der Waals surface area contributed by atoms with E-state index in [-0.39, 0.29) is 0 Å². The lowest BCUT2D eigenvalue weighted by molar-refractivity contribution is 0.402. The van der Waals surface area contributed by atoms with E-state index in [1.165, 1.54) is 12.0 Å². The van der Waals surface area contributed by atoms with Gasteiger partial charge in [0.15, 0.2) is 5.13 Å². The molecule has 1 saturated heterocycles. The van der Waals surface area contributed by atoms with Crippen LogP contribution in [-0.4, -0.2) is 48.2 Å². The van der Waals surface area contributed by atoms with E-state index in [0.29, 0.717) is 5.88 Å². The zero-order chi connectivity index (χ0) is 16.5. The van der Waals surface area contributed by atoms with Crippen LogP contribution in [0.2, 0.25) is 0 Å². The van der Waals surface area contributed by atoms with Crippen LogP contribution in [0.15, 0.2) is 29.9 Å². The summed E-state index contributed by atoms with van der Waals surface area (Å²) in [5, 5.41) is 4.19. The Labute approximate surface area is 144 Å². The first kappa shape index (κ1) is 15.1. The van der Waals surface area contributed by atoms with Crippen molar-refractivity contribution in [2.24, 2.45) is 0 Å². The van der Waals surface area contributed by atoms with Crippen LogP contribution in [0.25, 0.3) is 10.9 Å². The average Bonchev–Trinajstić information content (AvgIpc) is 3.07. The van der Waals surface area contributed by atoms with Gasteiger partial charge in [0.05, 0.1) is 23.7 Å². The zero-order valence-electron chi connectivity index (χ0n) is 13.8. The molecule has 0 atom stereocenters. The number of hydrogen-bond acceptors (Lipinski definition) is 7. The highest BCUT2D eigenvalue weighted by atomic mass is 32.1. The number of ether oxygens (including phenoxy) is 1. The summed E-state index contributed by atoms with van der Waals surface area (Å²) in [5.74, 6) is 0.624. The Hall–Kier alpha value is -2.41. The van der Waals surface area contributed by atoms with E-state index >= 15 is 0 Å². The molecule has 1 aliphatic rings. The lowest BCUT2D eigenvalue weighted by Crippen LogP contribution is -2.46. The molecule has 0 amide bonds. The minimum atomic E-state index is 0.624. The Bertz CT molecular complexity index is 857. The minimum Gasteiger partial charge on any atom is -0.480 e. The van der Waals surface area contributed by atoms with Crippen LogP contribution >= 0.6 is 11.3 Å². The van der Waals surface area contributed by atoms with E-state index in [0.717, 1.165) is 47.9 Å². The van der Waals surface area contributed by atoms with Crippen LogP contribution in [0.4, 0.5) is 10.8 Å². The summed E-state index contributed by atoms with van der Waals surface area (Å²) in [5.41, 5.74) is 3.19. The van der Waals surface area contributed by atoms with Crippen LogP contribution in [0.1, 0.15) is 5.69 Å². The summed E-state index contributed by atoms with van der Waals surface area (Å²) in [6.45, 7) is 5.95. The number of anilines is 2. The van der Waals surface area contributed by atoms with Gasteiger partial charge < -0.3 is 14.5 Å². The van der Waals surface area contributed by atoms with Crippen LogP contribution in [0, 0.1) is 6.92 Å². The van der Waals surface area contributed by atoms with Gasteiger partial charge in [-0.3, -0.25) is 0 Å². The first-order valence-electron chi connectivity index (χ1n) is 7.95. The van der Waals surface area contributed by atoms with Crippen molar-refractivity contribution >= 4 is 33.1 Å². The van der Waals surface area contributed by atoms with Crippen molar-refractivity contribution in [2.45, 2.75) is 6.92 Å². The topological polar surface area (TPSA) is 54.4 Å². The second-order valence-corrected chi connectivity index (χ2v) is 6.67. The molecule has 3 heterocycles. The van der Waals surface area contributed by atoms with Crippen molar-refractivity contribution in [3.63, 3.8) is 0 Å². The first-order valence-corrected chi connectivity index (χ1v) is 8.83. The molecule has 124 valence electrons. The van der Waals surface area contributed by atoms with E-state index in [1.54, 1.807) is 18.4 Å². The number of nitrogens with zero attached hydrogens (tertiary/aromatic N) is 5. The van der Waals surface area contributed by atoms with Crippen molar-refractivity contribution in [3.8, 4) is 5.88 Å². The molecule has 0 spiro atoms. The molecular formula is C17H19N5OS. The van der Waals surface area contributed by atoms with E-state index in [1.807, 2.05) is 13.0 Å². The van der Waals surface area contributed by atoms with E-state index in [2.05, 4.69) is 42.3 Å².